The highest BCUT2D eigenvalue weighted by atomic mass is 32.2. The number of hydrogen-bond acceptors (Lipinski definition) is 5. The lowest BCUT2D eigenvalue weighted by Gasteiger charge is -2.26. The monoisotopic (exact) mass is 429 g/mol. The maximum absolute atomic E-state index is 13.4. The number of amides is 2. The molecular formula is C21H23N3O5S. The molecule has 0 saturated carbocycles. The maximum Gasteiger partial charge on any atom is 0.262 e. The van der Waals surface area contributed by atoms with E-state index in [1.807, 2.05) is 30.3 Å². The first-order valence-electron chi connectivity index (χ1n) is 9.77. The Hall–Kier alpha value is -2.91. The number of nitrogens with zero attached hydrogens (tertiary/aromatic N) is 1. The number of benzene rings is 2. The number of carbonyl (C=O) groups is 2. The molecule has 9 heteroatoms. The molecule has 8 nitrogen and oxygen atoms in total. The number of rotatable bonds is 5. The van der Waals surface area contributed by atoms with Gasteiger partial charge >= 0.3 is 0 Å². The largest absolute Gasteiger partial charge is 0.482 e. The zero-order chi connectivity index (χ0) is 21.3. The molecule has 0 radical (unpaired) electrons. The van der Waals surface area contributed by atoms with E-state index in [0.717, 1.165) is 5.56 Å². The molecule has 0 aromatic heterocycles. The first-order chi connectivity index (χ1) is 14.4. The summed E-state index contributed by atoms with van der Waals surface area (Å²) in [5.41, 5.74) is 1.87. The van der Waals surface area contributed by atoms with Gasteiger partial charge in [0, 0.05) is 19.2 Å². The minimum Gasteiger partial charge on any atom is -0.482 e. The minimum absolute atomic E-state index is 0.0835. The van der Waals surface area contributed by atoms with Crippen LogP contribution >= 0.6 is 0 Å². The summed E-state index contributed by atoms with van der Waals surface area (Å²) in [4.78, 5) is 24.4. The van der Waals surface area contributed by atoms with E-state index in [0.29, 0.717) is 36.4 Å². The molecule has 30 heavy (non-hydrogen) atoms. The molecular weight excluding hydrogens is 406 g/mol. The van der Waals surface area contributed by atoms with Crippen molar-refractivity contribution in [3.8, 4) is 5.75 Å². The van der Waals surface area contributed by atoms with Gasteiger partial charge < -0.3 is 15.4 Å². The van der Waals surface area contributed by atoms with Crippen molar-refractivity contribution in [2.75, 3.05) is 18.5 Å². The molecule has 0 aliphatic carbocycles. The highest BCUT2D eigenvalue weighted by molar-refractivity contribution is 7.89. The third-order valence-electron chi connectivity index (χ3n) is 5.31. The third kappa shape index (κ3) is 3.90. The number of sulfonamides is 1. The standard InChI is InChI=1S/C21H23N3O5S/c1-14-10-16-18(29-13-20(25)23-16)11-19(14)30(27,28)24-9-5-8-17(24)21(26)22-12-15-6-3-2-4-7-15/h2-4,6-7,10-11,17H,5,8-9,12-13H2,1H3,(H,22,26)(H,23,25). The van der Waals surface area contributed by atoms with E-state index in [1.165, 1.54) is 10.4 Å². The average Bonchev–Trinajstić information content (AvgIpc) is 3.23. The topological polar surface area (TPSA) is 105 Å². The van der Waals surface area contributed by atoms with Crippen LogP contribution in [0.25, 0.3) is 0 Å². The third-order valence-corrected chi connectivity index (χ3v) is 7.36. The molecule has 0 spiro atoms. The number of fused-ring (bicyclic) bond motifs is 1. The van der Waals surface area contributed by atoms with Gasteiger partial charge in [0.1, 0.15) is 11.8 Å². The van der Waals surface area contributed by atoms with Crippen molar-refractivity contribution in [1.82, 2.24) is 9.62 Å². The zero-order valence-electron chi connectivity index (χ0n) is 16.6. The average molecular weight is 429 g/mol. The van der Waals surface area contributed by atoms with Gasteiger partial charge in [-0.3, -0.25) is 9.59 Å². The van der Waals surface area contributed by atoms with Gasteiger partial charge in [0.15, 0.2) is 6.61 Å². The zero-order valence-corrected chi connectivity index (χ0v) is 17.4. The summed E-state index contributed by atoms with van der Waals surface area (Å²) >= 11 is 0. The summed E-state index contributed by atoms with van der Waals surface area (Å²) in [6, 6.07) is 11.7. The van der Waals surface area contributed by atoms with Crippen LogP contribution in [-0.2, 0) is 26.2 Å². The van der Waals surface area contributed by atoms with E-state index < -0.39 is 16.1 Å². The number of carbonyl (C=O) groups excluding carboxylic acids is 2. The number of anilines is 1. The first kappa shape index (κ1) is 20.4. The summed E-state index contributed by atoms with van der Waals surface area (Å²) in [6.07, 6.45) is 1.08. The summed E-state index contributed by atoms with van der Waals surface area (Å²) in [5, 5.41) is 5.52. The molecule has 1 saturated heterocycles. The van der Waals surface area contributed by atoms with Gasteiger partial charge in [-0.1, -0.05) is 30.3 Å². The highest BCUT2D eigenvalue weighted by Gasteiger charge is 2.40. The van der Waals surface area contributed by atoms with Crippen LogP contribution in [0.2, 0.25) is 0 Å². The van der Waals surface area contributed by atoms with Crippen LogP contribution in [0, 0.1) is 6.92 Å². The summed E-state index contributed by atoms with van der Waals surface area (Å²) in [5.74, 6) is -0.283. The number of hydrogen-bond donors (Lipinski definition) is 2. The Morgan fingerprint density at radius 3 is 2.80 bits per heavy atom. The fourth-order valence-corrected chi connectivity index (χ4v) is 5.69. The van der Waals surface area contributed by atoms with E-state index in [9.17, 15) is 18.0 Å². The van der Waals surface area contributed by atoms with E-state index in [-0.39, 0.29) is 29.9 Å². The van der Waals surface area contributed by atoms with Crippen molar-refractivity contribution in [2.45, 2.75) is 37.2 Å². The molecule has 2 aromatic rings. The van der Waals surface area contributed by atoms with Crippen LogP contribution in [0.4, 0.5) is 5.69 Å². The van der Waals surface area contributed by atoms with E-state index in [4.69, 9.17) is 4.74 Å². The van der Waals surface area contributed by atoms with Crippen molar-refractivity contribution in [2.24, 2.45) is 0 Å². The van der Waals surface area contributed by atoms with E-state index in [1.54, 1.807) is 13.0 Å². The van der Waals surface area contributed by atoms with Crippen LogP contribution in [0.5, 0.6) is 5.75 Å². The minimum atomic E-state index is -3.91. The van der Waals surface area contributed by atoms with E-state index >= 15 is 0 Å². The molecule has 4 rings (SSSR count). The second-order valence-corrected chi connectivity index (χ2v) is 9.29. The van der Waals surface area contributed by atoms with Crippen LogP contribution in [-0.4, -0.2) is 43.7 Å². The van der Waals surface area contributed by atoms with Crippen LogP contribution in [0.15, 0.2) is 47.4 Å². The van der Waals surface area contributed by atoms with Crippen LogP contribution in [0.1, 0.15) is 24.0 Å². The molecule has 1 fully saturated rings. The number of aryl methyl sites for hydroxylation is 1. The Balaban J connectivity index is 1.56. The Labute approximate surface area is 175 Å². The molecule has 2 aromatic carbocycles. The lowest BCUT2D eigenvalue weighted by Crippen LogP contribution is -2.45. The number of ether oxygens (including phenoxy) is 1. The van der Waals surface area contributed by atoms with Gasteiger partial charge in [0.25, 0.3) is 5.91 Å². The van der Waals surface area contributed by atoms with Gasteiger partial charge in [-0.05, 0) is 37.0 Å². The van der Waals surface area contributed by atoms with Gasteiger partial charge in [-0.15, -0.1) is 0 Å². The van der Waals surface area contributed by atoms with Gasteiger partial charge in [0.05, 0.1) is 10.6 Å². The maximum atomic E-state index is 13.4. The van der Waals surface area contributed by atoms with Crippen molar-refractivity contribution < 1.29 is 22.7 Å². The van der Waals surface area contributed by atoms with Crippen molar-refractivity contribution in [3.63, 3.8) is 0 Å². The summed E-state index contributed by atoms with van der Waals surface area (Å²) in [6.45, 7) is 2.12. The molecule has 0 bridgehead atoms. The van der Waals surface area contributed by atoms with Gasteiger partial charge in [-0.2, -0.15) is 4.31 Å². The molecule has 1 atom stereocenters. The molecule has 2 N–H and O–H groups in total. The predicted octanol–water partition coefficient (Wildman–Crippen LogP) is 1.80. The first-order valence-corrected chi connectivity index (χ1v) is 11.2. The Morgan fingerprint density at radius 1 is 1.27 bits per heavy atom. The molecule has 1 unspecified atom stereocenters. The van der Waals surface area contributed by atoms with Crippen LogP contribution in [0.3, 0.4) is 0 Å². The second kappa shape index (κ2) is 8.08. The SMILES string of the molecule is Cc1cc2c(cc1S(=O)(=O)N1CCCC1C(=O)NCc1ccccc1)OCC(=O)N2. The Kier molecular flexibility index (Phi) is 5.48. The summed E-state index contributed by atoms with van der Waals surface area (Å²) < 4.78 is 33.4. The summed E-state index contributed by atoms with van der Waals surface area (Å²) in [7, 11) is -3.91. The highest BCUT2D eigenvalue weighted by Crippen LogP contribution is 2.35. The Morgan fingerprint density at radius 2 is 2.03 bits per heavy atom. The fourth-order valence-electron chi connectivity index (χ4n) is 3.81. The molecule has 158 valence electrons. The molecule has 2 aliphatic rings. The molecule has 2 amide bonds. The van der Waals surface area contributed by atoms with Crippen molar-refractivity contribution >= 4 is 27.5 Å². The Bertz CT molecular complexity index is 1090. The molecule has 2 heterocycles. The van der Waals surface area contributed by atoms with Gasteiger partial charge in [0.2, 0.25) is 15.9 Å². The molecule has 2 aliphatic heterocycles. The van der Waals surface area contributed by atoms with Crippen molar-refractivity contribution in [1.29, 1.82) is 0 Å². The van der Waals surface area contributed by atoms with Gasteiger partial charge in [-0.25, -0.2) is 8.42 Å². The van der Waals surface area contributed by atoms with Crippen LogP contribution < -0.4 is 15.4 Å². The predicted molar refractivity (Wildman–Crippen MR) is 111 cm³/mol. The fraction of sp³-hybridized carbons (Fsp3) is 0.333. The lowest BCUT2D eigenvalue weighted by molar-refractivity contribution is -0.124. The number of nitrogens with one attached hydrogen (secondary N) is 2. The normalized spacial score (nSPS) is 19.0. The smallest absolute Gasteiger partial charge is 0.262 e. The quantitative estimate of drug-likeness (QED) is 0.754. The van der Waals surface area contributed by atoms with E-state index in [2.05, 4.69) is 10.6 Å². The lowest BCUT2D eigenvalue weighted by atomic mass is 10.2. The second-order valence-electron chi connectivity index (χ2n) is 7.43. The van der Waals surface area contributed by atoms with Crippen molar-refractivity contribution in [3.05, 3.63) is 53.6 Å².